The maximum absolute atomic E-state index is 13.1. The lowest BCUT2D eigenvalue weighted by Gasteiger charge is -2.35. The fourth-order valence-electron chi connectivity index (χ4n) is 5.19. The number of nitrogens with one attached hydrogen (secondary N) is 2. The third kappa shape index (κ3) is 3.83. The Kier molecular flexibility index (Phi) is 5.22. The summed E-state index contributed by atoms with van der Waals surface area (Å²) in [6, 6.07) is 13.1. The standard InChI is InChI=1S/C26H32N4O/c1-18-7-8-23-21(15-18)22-16-30(10-9-24(22)27-23)26(31)17-28-11-13-29(14-12-28)25-6-4-5-19(2)20(25)3/h4-8,15,27H,9-14,16-17H2,1-3H3/p+1. The highest BCUT2D eigenvalue weighted by Crippen LogP contribution is 2.28. The van der Waals surface area contributed by atoms with Gasteiger partial charge in [-0.15, -0.1) is 0 Å². The van der Waals surface area contributed by atoms with Gasteiger partial charge in [0.1, 0.15) is 0 Å². The van der Waals surface area contributed by atoms with Crippen LogP contribution >= 0.6 is 0 Å². The van der Waals surface area contributed by atoms with Crippen LogP contribution in [-0.2, 0) is 17.8 Å². The number of rotatable bonds is 3. The average molecular weight is 418 g/mol. The molecule has 1 fully saturated rings. The Hall–Kier alpha value is -2.79. The van der Waals surface area contributed by atoms with E-state index in [2.05, 4.69) is 72.0 Å². The molecule has 5 heteroatoms. The number of fused-ring (bicyclic) bond motifs is 3. The molecule has 1 aromatic heterocycles. The zero-order chi connectivity index (χ0) is 21.5. The van der Waals surface area contributed by atoms with Gasteiger partial charge < -0.3 is 19.7 Å². The van der Waals surface area contributed by atoms with E-state index in [1.807, 2.05) is 0 Å². The lowest BCUT2D eigenvalue weighted by molar-refractivity contribution is -0.892. The van der Waals surface area contributed by atoms with Crippen LogP contribution in [0, 0.1) is 20.8 Å². The monoisotopic (exact) mass is 417 g/mol. The van der Waals surface area contributed by atoms with E-state index in [0.717, 1.165) is 45.7 Å². The van der Waals surface area contributed by atoms with Gasteiger partial charge in [-0.1, -0.05) is 23.8 Å². The molecule has 0 bridgehead atoms. The first-order valence-electron chi connectivity index (χ1n) is 11.5. The molecule has 0 unspecified atom stereocenters. The van der Waals surface area contributed by atoms with Gasteiger partial charge in [-0.25, -0.2) is 0 Å². The Labute approximate surface area is 184 Å². The molecular weight excluding hydrogens is 384 g/mol. The number of anilines is 1. The molecule has 3 heterocycles. The zero-order valence-electron chi connectivity index (χ0n) is 18.9. The van der Waals surface area contributed by atoms with E-state index in [0.29, 0.717) is 12.5 Å². The molecule has 2 aromatic carbocycles. The number of hydrogen-bond acceptors (Lipinski definition) is 2. The predicted octanol–water partition coefficient (Wildman–Crippen LogP) is 2.38. The minimum absolute atomic E-state index is 0.294. The molecule has 0 saturated carbocycles. The molecule has 2 N–H and O–H groups in total. The summed E-state index contributed by atoms with van der Waals surface area (Å²) >= 11 is 0. The Bertz CT molecular complexity index is 1120. The number of amides is 1. The Morgan fingerprint density at radius 1 is 1.06 bits per heavy atom. The van der Waals surface area contributed by atoms with E-state index in [1.54, 1.807) is 0 Å². The van der Waals surface area contributed by atoms with E-state index < -0.39 is 0 Å². The largest absolute Gasteiger partial charge is 0.360 e. The van der Waals surface area contributed by atoms with Crippen LogP contribution in [0.15, 0.2) is 36.4 Å². The van der Waals surface area contributed by atoms with Gasteiger partial charge in [0.05, 0.1) is 26.2 Å². The molecule has 0 radical (unpaired) electrons. The third-order valence-electron chi connectivity index (χ3n) is 7.27. The second kappa shape index (κ2) is 8.04. The van der Waals surface area contributed by atoms with Crippen LogP contribution in [0.2, 0.25) is 0 Å². The average Bonchev–Trinajstić information content (AvgIpc) is 3.13. The highest BCUT2D eigenvalue weighted by atomic mass is 16.2. The quantitative estimate of drug-likeness (QED) is 0.687. The molecule has 5 rings (SSSR count). The molecule has 5 nitrogen and oxygen atoms in total. The van der Waals surface area contributed by atoms with Crippen LogP contribution in [0.25, 0.3) is 10.9 Å². The van der Waals surface area contributed by atoms with Crippen LogP contribution in [0.1, 0.15) is 27.9 Å². The molecular formula is C26H33N4O+. The molecule has 2 aliphatic heterocycles. The number of aryl methyl sites for hydroxylation is 2. The van der Waals surface area contributed by atoms with Gasteiger partial charge in [-0.2, -0.15) is 0 Å². The molecule has 0 spiro atoms. The number of aromatic nitrogens is 1. The van der Waals surface area contributed by atoms with Crippen LogP contribution in [0.5, 0.6) is 0 Å². The number of carbonyl (C=O) groups is 1. The van der Waals surface area contributed by atoms with Gasteiger partial charge in [0.25, 0.3) is 5.91 Å². The van der Waals surface area contributed by atoms with E-state index in [-0.39, 0.29) is 0 Å². The number of carbonyl (C=O) groups excluding carboxylic acids is 1. The number of piperazine rings is 1. The number of quaternary nitrogens is 1. The molecule has 31 heavy (non-hydrogen) atoms. The second-order valence-corrected chi connectivity index (χ2v) is 9.33. The second-order valence-electron chi connectivity index (χ2n) is 9.33. The fourth-order valence-corrected chi connectivity index (χ4v) is 5.19. The molecule has 2 aliphatic rings. The minimum atomic E-state index is 0.294. The number of hydrogen-bond donors (Lipinski definition) is 2. The van der Waals surface area contributed by atoms with Crippen molar-refractivity contribution in [3.63, 3.8) is 0 Å². The van der Waals surface area contributed by atoms with Gasteiger partial charge in [0.2, 0.25) is 0 Å². The first-order valence-corrected chi connectivity index (χ1v) is 11.5. The topological polar surface area (TPSA) is 43.8 Å². The van der Waals surface area contributed by atoms with Gasteiger partial charge >= 0.3 is 0 Å². The lowest BCUT2D eigenvalue weighted by atomic mass is 10.0. The number of nitrogens with zero attached hydrogens (tertiary/aromatic N) is 2. The van der Waals surface area contributed by atoms with E-state index >= 15 is 0 Å². The van der Waals surface area contributed by atoms with Crippen molar-refractivity contribution < 1.29 is 9.69 Å². The van der Waals surface area contributed by atoms with Crippen molar-refractivity contribution in [3.05, 3.63) is 64.3 Å². The summed E-state index contributed by atoms with van der Waals surface area (Å²) < 4.78 is 0. The van der Waals surface area contributed by atoms with E-state index in [4.69, 9.17) is 0 Å². The van der Waals surface area contributed by atoms with Crippen molar-refractivity contribution in [1.29, 1.82) is 0 Å². The van der Waals surface area contributed by atoms with Gasteiger partial charge in [-0.05, 0) is 50.1 Å². The van der Waals surface area contributed by atoms with Crippen molar-refractivity contribution in [2.45, 2.75) is 33.7 Å². The maximum Gasteiger partial charge on any atom is 0.278 e. The molecule has 0 aliphatic carbocycles. The number of benzene rings is 2. The fraction of sp³-hybridized carbons (Fsp3) is 0.423. The molecule has 3 aromatic rings. The van der Waals surface area contributed by atoms with Crippen LogP contribution in [0.3, 0.4) is 0 Å². The maximum atomic E-state index is 13.1. The number of aromatic amines is 1. The van der Waals surface area contributed by atoms with E-state index in [1.165, 1.54) is 49.4 Å². The van der Waals surface area contributed by atoms with Crippen LogP contribution < -0.4 is 9.80 Å². The van der Waals surface area contributed by atoms with Crippen molar-refractivity contribution in [3.8, 4) is 0 Å². The zero-order valence-corrected chi connectivity index (χ0v) is 18.9. The van der Waals surface area contributed by atoms with Crippen molar-refractivity contribution >= 4 is 22.5 Å². The first kappa shape index (κ1) is 20.1. The summed E-state index contributed by atoms with van der Waals surface area (Å²) in [5.74, 6) is 0.294. The van der Waals surface area contributed by atoms with Crippen molar-refractivity contribution in [2.75, 3.05) is 44.2 Å². The summed E-state index contributed by atoms with van der Waals surface area (Å²) in [5.41, 5.74) is 9.15. The highest BCUT2D eigenvalue weighted by molar-refractivity contribution is 5.86. The normalized spacial score (nSPS) is 17.3. The Morgan fingerprint density at radius 2 is 1.87 bits per heavy atom. The molecule has 0 atom stereocenters. The molecule has 162 valence electrons. The van der Waals surface area contributed by atoms with E-state index in [9.17, 15) is 4.79 Å². The van der Waals surface area contributed by atoms with Crippen molar-refractivity contribution in [2.24, 2.45) is 0 Å². The smallest absolute Gasteiger partial charge is 0.278 e. The SMILES string of the molecule is Cc1ccc2[nH]c3c(c2c1)CN(C(=O)C[NH+]1CCN(c2cccc(C)c2C)CC1)CC3. The summed E-state index contributed by atoms with van der Waals surface area (Å²) in [7, 11) is 0. The molecule has 1 saturated heterocycles. The highest BCUT2D eigenvalue weighted by Gasteiger charge is 2.28. The van der Waals surface area contributed by atoms with Crippen molar-refractivity contribution in [1.82, 2.24) is 9.88 Å². The third-order valence-corrected chi connectivity index (χ3v) is 7.27. The lowest BCUT2D eigenvalue weighted by Crippen LogP contribution is -3.15. The Balaban J connectivity index is 1.21. The predicted molar refractivity (Wildman–Crippen MR) is 126 cm³/mol. The number of H-pyrrole nitrogens is 1. The first-order chi connectivity index (χ1) is 15.0. The Morgan fingerprint density at radius 3 is 2.68 bits per heavy atom. The summed E-state index contributed by atoms with van der Waals surface area (Å²) in [4.78, 5) is 22.7. The summed E-state index contributed by atoms with van der Waals surface area (Å²) in [5, 5.41) is 1.28. The summed E-state index contributed by atoms with van der Waals surface area (Å²) in [6.45, 7) is 12.7. The van der Waals surface area contributed by atoms with Gasteiger partial charge in [0.15, 0.2) is 6.54 Å². The van der Waals surface area contributed by atoms with Crippen LogP contribution in [-0.4, -0.2) is 55.1 Å². The van der Waals surface area contributed by atoms with Gasteiger partial charge in [0, 0.05) is 47.4 Å². The van der Waals surface area contributed by atoms with Crippen LogP contribution in [0.4, 0.5) is 5.69 Å². The summed E-state index contributed by atoms with van der Waals surface area (Å²) in [6.07, 6.45) is 0.921. The molecule has 1 amide bonds. The minimum Gasteiger partial charge on any atom is -0.360 e. The van der Waals surface area contributed by atoms with Gasteiger partial charge in [-0.3, -0.25) is 4.79 Å².